The van der Waals surface area contributed by atoms with E-state index in [0.717, 1.165) is 0 Å². The van der Waals surface area contributed by atoms with E-state index >= 15 is 0 Å². The van der Waals surface area contributed by atoms with Gasteiger partial charge in [-0.05, 0) is 18.6 Å². The Morgan fingerprint density at radius 2 is 2.11 bits per heavy atom. The Kier molecular flexibility index (Phi) is 3.63. The molecule has 2 heterocycles. The largest absolute Gasteiger partial charge is 0.348 e. The molecule has 0 aliphatic carbocycles. The Hall–Kier alpha value is -1.47. The van der Waals surface area contributed by atoms with Crippen molar-refractivity contribution in [3.05, 3.63) is 30.1 Å². The molecule has 1 N–H and O–H groups in total. The van der Waals surface area contributed by atoms with E-state index in [1.165, 1.54) is 10.6 Å². The first-order chi connectivity index (χ1) is 8.47. The second kappa shape index (κ2) is 5.03. The molecular formula is C11H15N3O3S. The van der Waals surface area contributed by atoms with E-state index in [0.29, 0.717) is 25.1 Å². The van der Waals surface area contributed by atoms with Gasteiger partial charge in [0.15, 0.2) is 0 Å². The first kappa shape index (κ1) is 13.0. The fraction of sp³-hybridized carbons (Fsp3) is 0.455. The number of amides is 1. The smallest absolute Gasteiger partial charge is 0.251 e. The van der Waals surface area contributed by atoms with Crippen molar-refractivity contribution in [1.82, 2.24) is 14.6 Å². The van der Waals surface area contributed by atoms with Gasteiger partial charge < -0.3 is 5.32 Å². The predicted octanol–water partition coefficient (Wildman–Crippen LogP) is -0.155. The third-order valence-electron chi connectivity index (χ3n) is 2.90. The molecule has 1 saturated heterocycles. The molecular weight excluding hydrogens is 254 g/mol. The maximum atomic E-state index is 11.9. The minimum Gasteiger partial charge on any atom is -0.348 e. The van der Waals surface area contributed by atoms with Crippen molar-refractivity contribution >= 4 is 15.9 Å². The van der Waals surface area contributed by atoms with Gasteiger partial charge in [-0.3, -0.25) is 9.78 Å². The van der Waals surface area contributed by atoms with Gasteiger partial charge in [-0.2, -0.15) is 0 Å². The van der Waals surface area contributed by atoms with E-state index in [1.807, 2.05) is 0 Å². The van der Waals surface area contributed by atoms with E-state index in [-0.39, 0.29) is 11.9 Å². The highest BCUT2D eigenvalue weighted by Gasteiger charge is 2.29. The maximum Gasteiger partial charge on any atom is 0.251 e. The average molecular weight is 269 g/mol. The Bertz CT molecular complexity index is 530. The molecule has 98 valence electrons. The zero-order valence-corrected chi connectivity index (χ0v) is 10.9. The van der Waals surface area contributed by atoms with Crippen molar-refractivity contribution in [2.24, 2.45) is 0 Å². The molecule has 1 aromatic heterocycles. The van der Waals surface area contributed by atoms with Gasteiger partial charge in [0, 0.05) is 37.1 Å². The molecule has 0 radical (unpaired) electrons. The summed E-state index contributed by atoms with van der Waals surface area (Å²) in [4.78, 5) is 15.7. The lowest BCUT2D eigenvalue weighted by Crippen LogP contribution is -2.38. The van der Waals surface area contributed by atoms with Gasteiger partial charge in [0.25, 0.3) is 5.91 Å². The van der Waals surface area contributed by atoms with Gasteiger partial charge in [0.05, 0.1) is 6.26 Å². The number of nitrogens with zero attached hydrogens (tertiary/aromatic N) is 2. The number of hydrogen-bond donors (Lipinski definition) is 1. The standard InChI is InChI=1S/C11H15N3O3S/c1-18(16,17)14-7-4-10(8-14)13-11(15)9-2-5-12-6-3-9/h2-3,5-6,10H,4,7-8H2,1H3,(H,13,15). The van der Waals surface area contributed by atoms with E-state index < -0.39 is 10.0 Å². The molecule has 1 aliphatic rings. The molecule has 1 aromatic rings. The van der Waals surface area contributed by atoms with Gasteiger partial charge in [-0.25, -0.2) is 12.7 Å². The second-order valence-corrected chi connectivity index (χ2v) is 6.30. The highest BCUT2D eigenvalue weighted by molar-refractivity contribution is 7.88. The molecule has 0 spiro atoms. The topological polar surface area (TPSA) is 79.4 Å². The molecule has 6 nitrogen and oxygen atoms in total. The molecule has 1 aliphatic heterocycles. The van der Waals surface area contributed by atoms with Crippen LogP contribution < -0.4 is 5.32 Å². The number of carbonyl (C=O) groups is 1. The summed E-state index contributed by atoms with van der Waals surface area (Å²) in [5.74, 6) is -0.197. The van der Waals surface area contributed by atoms with Gasteiger partial charge in [0.1, 0.15) is 0 Å². The molecule has 0 bridgehead atoms. The van der Waals surface area contributed by atoms with Crippen LogP contribution >= 0.6 is 0 Å². The van der Waals surface area contributed by atoms with Crippen LogP contribution in [0.1, 0.15) is 16.8 Å². The third kappa shape index (κ3) is 3.05. The van der Waals surface area contributed by atoms with Gasteiger partial charge in [0.2, 0.25) is 10.0 Å². The van der Waals surface area contributed by atoms with Crippen molar-refractivity contribution in [1.29, 1.82) is 0 Å². The lowest BCUT2D eigenvalue weighted by Gasteiger charge is -2.14. The average Bonchev–Trinajstić information content (AvgIpc) is 2.78. The van der Waals surface area contributed by atoms with Crippen LogP contribution in [0.3, 0.4) is 0 Å². The first-order valence-corrected chi connectivity index (χ1v) is 7.47. The zero-order chi connectivity index (χ0) is 13.2. The molecule has 18 heavy (non-hydrogen) atoms. The fourth-order valence-electron chi connectivity index (χ4n) is 1.92. The molecule has 1 fully saturated rings. The van der Waals surface area contributed by atoms with Crippen molar-refractivity contribution < 1.29 is 13.2 Å². The quantitative estimate of drug-likeness (QED) is 0.827. The number of hydrogen-bond acceptors (Lipinski definition) is 4. The SMILES string of the molecule is CS(=O)(=O)N1CCC(NC(=O)c2ccncc2)C1. The number of nitrogens with one attached hydrogen (secondary N) is 1. The number of rotatable bonds is 3. The highest BCUT2D eigenvalue weighted by atomic mass is 32.2. The Balaban J connectivity index is 1.95. The number of carbonyl (C=O) groups excluding carboxylic acids is 1. The number of aromatic nitrogens is 1. The van der Waals surface area contributed by atoms with Crippen LogP contribution in [0.5, 0.6) is 0 Å². The van der Waals surface area contributed by atoms with Gasteiger partial charge >= 0.3 is 0 Å². The summed E-state index contributed by atoms with van der Waals surface area (Å²) in [6.45, 7) is 0.801. The van der Waals surface area contributed by atoms with E-state index in [4.69, 9.17) is 0 Å². The Labute approximate surface area is 106 Å². The summed E-state index contributed by atoms with van der Waals surface area (Å²) >= 11 is 0. The van der Waals surface area contributed by atoms with E-state index in [1.54, 1.807) is 24.5 Å². The minimum atomic E-state index is -3.16. The molecule has 0 saturated carbocycles. The van der Waals surface area contributed by atoms with Crippen LogP contribution in [0.25, 0.3) is 0 Å². The number of pyridine rings is 1. The molecule has 2 rings (SSSR count). The van der Waals surface area contributed by atoms with Crippen molar-refractivity contribution in [2.45, 2.75) is 12.5 Å². The van der Waals surface area contributed by atoms with Crippen LogP contribution in [-0.2, 0) is 10.0 Å². The predicted molar refractivity (Wildman–Crippen MR) is 66.5 cm³/mol. The summed E-state index contributed by atoms with van der Waals surface area (Å²) in [7, 11) is -3.16. The summed E-state index contributed by atoms with van der Waals surface area (Å²) < 4.78 is 24.1. The Morgan fingerprint density at radius 3 is 2.67 bits per heavy atom. The number of sulfonamides is 1. The monoisotopic (exact) mass is 269 g/mol. The summed E-state index contributed by atoms with van der Waals surface area (Å²) in [5, 5.41) is 2.82. The Morgan fingerprint density at radius 1 is 1.44 bits per heavy atom. The van der Waals surface area contributed by atoms with Gasteiger partial charge in [-0.1, -0.05) is 0 Å². The maximum absolute atomic E-state index is 11.9. The highest BCUT2D eigenvalue weighted by Crippen LogP contribution is 2.13. The lowest BCUT2D eigenvalue weighted by molar-refractivity contribution is 0.0939. The van der Waals surface area contributed by atoms with Crippen molar-refractivity contribution in [2.75, 3.05) is 19.3 Å². The zero-order valence-electron chi connectivity index (χ0n) is 10.0. The molecule has 1 amide bonds. The van der Waals surface area contributed by atoms with Gasteiger partial charge in [-0.15, -0.1) is 0 Å². The second-order valence-electron chi connectivity index (χ2n) is 4.32. The van der Waals surface area contributed by atoms with Crippen LogP contribution in [0.2, 0.25) is 0 Å². The van der Waals surface area contributed by atoms with Crippen LogP contribution in [0.15, 0.2) is 24.5 Å². The van der Waals surface area contributed by atoms with E-state index in [9.17, 15) is 13.2 Å². The first-order valence-electron chi connectivity index (χ1n) is 5.63. The van der Waals surface area contributed by atoms with Crippen LogP contribution in [0.4, 0.5) is 0 Å². The third-order valence-corrected chi connectivity index (χ3v) is 4.17. The van der Waals surface area contributed by atoms with Crippen molar-refractivity contribution in [3.8, 4) is 0 Å². The van der Waals surface area contributed by atoms with Crippen LogP contribution in [0, 0.1) is 0 Å². The normalized spacial score (nSPS) is 20.8. The fourth-order valence-corrected chi connectivity index (χ4v) is 2.81. The molecule has 1 unspecified atom stereocenters. The molecule has 0 aromatic carbocycles. The summed E-state index contributed by atoms with van der Waals surface area (Å²) in [6, 6.07) is 3.12. The summed E-state index contributed by atoms with van der Waals surface area (Å²) in [5.41, 5.74) is 0.530. The lowest BCUT2D eigenvalue weighted by atomic mass is 10.2. The van der Waals surface area contributed by atoms with E-state index in [2.05, 4.69) is 10.3 Å². The summed E-state index contributed by atoms with van der Waals surface area (Å²) in [6.07, 6.45) is 4.92. The van der Waals surface area contributed by atoms with Crippen LogP contribution in [-0.4, -0.2) is 49.0 Å². The molecule has 7 heteroatoms. The van der Waals surface area contributed by atoms with Crippen molar-refractivity contribution in [3.63, 3.8) is 0 Å². The molecule has 1 atom stereocenters. The minimum absolute atomic E-state index is 0.125.